The van der Waals surface area contributed by atoms with E-state index in [4.69, 9.17) is 10.5 Å². The Morgan fingerprint density at radius 3 is 2.85 bits per heavy atom. The van der Waals surface area contributed by atoms with Gasteiger partial charge in [-0.2, -0.15) is 0 Å². The van der Waals surface area contributed by atoms with Crippen molar-refractivity contribution in [1.82, 2.24) is 14.9 Å². The van der Waals surface area contributed by atoms with Gasteiger partial charge in [0.15, 0.2) is 17.4 Å². The van der Waals surface area contributed by atoms with Crippen LogP contribution in [0.1, 0.15) is 13.0 Å². The first-order chi connectivity index (χ1) is 13.1. The van der Waals surface area contributed by atoms with Crippen LogP contribution in [0.2, 0.25) is 0 Å². The summed E-state index contributed by atoms with van der Waals surface area (Å²) < 4.78 is 19.4. The summed E-state index contributed by atoms with van der Waals surface area (Å²) in [4.78, 5) is 23.0. The summed E-state index contributed by atoms with van der Waals surface area (Å²) in [5.41, 5.74) is 1.36. The van der Waals surface area contributed by atoms with Crippen LogP contribution < -0.4 is 0 Å². The van der Waals surface area contributed by atoms with Crippen molar-refractivity contribution in [2.75, 3.05) is 32.8 Å². The molecule has 26 heavy (non-hydrogen) atoms. The molecule has 2 aromatic heterocycles. The maximum absolute atomic E-state index is 12.4. The van der Waals surface area contributed by atoms with Crippen molar-refractivity contribution in [2.24, 2.45) is 0 Å². The Bertz CT molecular complexity index is 980. The lowest BCUT2D eigenvalue weighted by molar-refractivity contribution is -0.120. The van der Waals surface area contributed by atoms with Crippen LogP contribution in [0.15, 0.2) is 41.1 Å². The van der Waals surface area contributed by atoms with Crippen molar-refractivity contribution < 1.29 is 15.3 Å². The van der Waals surface area contributed by atoms with E-state index in [0.29, 0.717) is 43.1 Å². The molecule has 0 aliphatic carbocycles. The molecule has 0 radical (unpaired) electrons. The maximum atomic E-state index is 12.4. The molecule has 0 bridgehead atoms. The van der Waals surface area contributed by atoms with Gasteiger partial charge in [0.05, 0.1) is 33.7 Å². The van der Waals surface area contributed by atoms with Gasteiger partial charge in [-0.25, -0.2) is 4.98 Å². The predicted molar refractivity (Wildman–Crippen MR) is 97.9 cm³/mol. The molecule has 0 unspecified atom stereocenters. The lowest BCUT2D eigenvalue weighted by atomic mass is 10.1. The highest BCUT2D eigenvalue weighted by atomic mass is 16.5. The Hall–Kier alpha value is -2.57. The number of nitrogens with zero attached hydrogens (tertiary/aromatic N) is 3. The fourth-order valence-corrected chi connectivity index (χ4v) is 3.10. The molecule has 1 aliphatic heterocycles. The van der Waals surface area contributed by atoms with Gasteiger partial charge in [0.25, 0.3) is 0 Å². The minimum atomic E-state index is 0.0688. The van der Waals surface area contributed by atoms with Gasteiger partial charge in [0.1, 0.15) is 0 Å². The zero-order valence-electron chi connectivity index (χ0n) is 15.7. The second-order valence-electron chi connectivity index (χ2n) is 6.48. The number of Topliss-reactive ketones (excluding diaryl/α,β-unsaturated/α-hetero) is 1. The third-order valence-electron chi connectivity index (χ3n) is 4.47. The van der Waals surface area contributed by atoms with Gasteiger partial charge in [-0.1, -0.05) is 12.1 Å². The SMILES string of the molecule is [2H]c1c(CC(=O)CN2CCOCC2)ncc2ccc(-c3cnc(C)o3)cc12. The summed E-state index contributed by atoms with van der Waals surface area (Å²) >= 11 is 0. The zero-order valence-corrected chi connectivity index (χ0v) is 14.7. The van der Waals surface area contributed by atoms with Crippen molar-refractivity contribution >= 4 is 16.6 Å². The first-order valence-corrected chi connectivity index (χ1v) is 8.73. The minimum Gasteiger partial charge on any atom is -0.441 e. The molecule has 6 heteroatoms. The lowest BCUT2D eigenvalue weighted by Crippen LogP contribution is -2.39. The maximum Gasteiger partial charge on any atom is 0.191 e. The smallest absolute Gasteiger partial charge is 0.191 e. The Morgan fingerprint density at radius 1 is 1.23 bits per heavy atom. The van der Waals surface area contributed by atoms with Crippen LogP contribution in [0.5, 0.6) is 0 Å². The number of aryl methyl sites for hydroxylation is 1. The summed E-state index contributed by atoms with van der Waals surface area (Å²) in [7, 11) is 0. The molecule has 0 saturated carbocycles. The Balaban J connectivity index is 1.57. The second-order valence-corrected chi connectivity index (χ2v) is 6.48. The monoisotopic (exact) mass is 352 g/mol. The van der Waals surface area contributed by atoms with Crippen molar-refractivity contribution in [2.45, 2.75) is 13.3 Å². The number of ketones is 1. The highest BCUT2D eigenvalue weighted by molar-refractivity contribution is 5.88. The Kier molecular flexibility index (Phi) is 4.43. The number of pyridine rings is 1. The fraction of sp³-hybridized carbons (Fsp3) is 0.350. The van der Waals surface area contributed by atoms with Gasteiger partial charge in [0.2, 0.25) is 0 Å². The lowest BCUT2D eigenvalue weighted by Gasteiger charge is -2.25. The topological polar surface area (TPSA) is 68.5 Å². The van der Waals surface area contributed by atoms with Gasteiger partial charge in [0, 0.05) is 42.9 Å². The summed E-state index contributed by atoms with van der Waals surface area (Å²) in [6.07, 6.45) is 3.56. The van der Waals surface area contributed by atoms with Gasteiger partial charge >= 0.3 is 0 Å². The first kappa shape index (κ1) is 15.7. The van der Waals surface area contributed by atoms with E-state index in [1.807, 2.05) is 18.2 Å². The van der Waals surface area contributed by atoms with Crippen LogP contribution in [-0.2, 0) is 16.0 Å². The number of aromatic nitrogens is 2. The molecule has 3 heterocycles. The van der Waals surface area contributed by atoms with E-state index < -0.39 is 0 Å². The molecule has 1 fully saturated rings. The molecule has 0 atom stereocenters. The number of rotatable bonds is 5. The van der Waals surface area contributed by atoms with E-state index in [1.165, 1.54) is 0 Å². The predicted octanol–water partition coefficient (Wildman–Crippen LogP) is 2.64. The molecule has 1 aromatic carbocycles. The van der Waals surface area contributed by atoms with E-state index in [1.54, 1.807) is 19.3 Å². The largest absolute Gasteiger partial charge is 0.441 e. The Labute approximate surface area is 153 Å². The number of fused-ring (bicyclic) bond motifs is 1. The number of oxazole rings is 1. The number of carbonyl (C=O) groups is 1. The second kappa shape index (κ2) is 7.35. The van der Waals surface area contributed by atoms with E-state index in [9.17, 15) is 4.79 Å². The van der Waals surface area contributed by atoms with Crippen molar-refractivity contribution in [1.29, 1.82) is 0 Å². The molecule has 134 valence electrons. The van der Waals surface area contributed by atoms with E-state index in [2.05, 4.69) is 14.9 Å². The van der Waals surface area contributed by atoms with Crippen LogP contribution in [0.4, 0.5) is 0 Å². The van der Waals surface area contributed by atoms with E-state index in [-0.39, 0.29) is 12.2 Å². The first-order valence-electron chi connectivity index (χ1n) is 9.23. The highest BCUT2D eigenvalue weighted by Crippen LogP contribution is 2.25. The molecule has 1 saturated heterocycles. The number of hydrogen-bond donors (Lipinski definition) is 0. The summed E-state index contributed by atoms with van der Waals surface area (Å²) in [5, 5.41) is 1.62. The molecular formula is C20H21N3O3. The number of morpholine rings is 1. The molecule has 0 spiro atoms. The molecule has 0 N–H and O–H groups in total. The zero-order chi connectivity index (χ0) is 18.8. The molecule has 3 aromatic rings. The number of ether oxygens (including phenoxy) is 1. The number of hydrogen-bond acceptors (Lipinski definition) is 6. The van der Waals surface area contributed by atoms with E-state index in [0.717, 1.165) is 29.4 Å². The van der Waals surface area contributed by atoms with Crippen molar-refractivity contribution in [3.05, 3.63) is 48.2 Å². The average Bonchev–Trinajstić information content (AvgIpc) is 3.11. The van der Waals surface area contributed by atoms with Gasteiger partial charge in [-0.3, -0.25) is 14.7 Å². The van der Waals surface area contributed by atoms with Crippen LogP contribution in [-0.4, -0.2) is 53.5 Å². The fourth-order valence-electron chi connectivity index (χ4n) is 3.10. The average molecular weight is 352 g/mol. The third kappa shape index (κ3) is 3.81. The van der Waals surface area contributed by atoms with Crippen LogP contribution in [0.25, 0.3) is 22.1 Å². The third-order valence-corrected chi connectivity index (χ3v) is 4.47. The molecular weight excluding hydrogens is 330 g/mol. The quantitative estimate of drug-likeness (QED) is 0.703. The van der Waals surface area contributed by atoms with E-state index >= 15 is 0 Å². The molecule has 4 rings (SSSR count). The normalized spacial score (nSPS) is 16.0. The van der Waals surface area contributed by atoms with Gasteiger partial charge < -0.3 is 9.15 Å². The van der Waals surface area contributed by atoms with Crippen LogP contribution in [0, 0.1) is 6.92 Å². The highest BCUT2D eigenvalue weighted by Gasteiger charge is 2.15. The van der Waals surface area contributed by atoms with Crippen molar-refractivity contribution in [3.8, 4) is 11.3 Å². The summed E-state index contributed by atoms with van der Waals surface area (Å²) in [6, 6.07) is 6.02. The van der Waals surface area contributed by atoms with Gasteiger partial charge in [-0.05, 0) is 17.5 Å². The standard InChI is InChI=1S/C20H21N3O3/c1-14-21-12-20(26-14)15-2-3-16-11-22-18(9-17(16)8-15)10-19(24)13-23-4-6-25-7-5-23/h2-3,8-9,11-12H,4-7,10,13H2,1H3/i9D. The molecule has 1 aliphatic rings. The summed E-state index contributed by atoms with van der Waals surface area (Å²) in [6.45, 7) is 5.03. The van der Waals surface area contributed by atoms with Gasteiger partial charge in [-0.15, -0.1) is 0 Å². The summed E-state index contributed by atoms with van der Waals surface area (Å²) in [5.74, 6) is 1.33. The number of benzene rings is 1. The van der Waals surface area contributed by atoms with Crippen LogP contribution in [0.3, 0.4) is 0 Å². The Morgan fingerprint density at radius 2 is 2.08 bits per heavy atom. The molecule has 0 amide bonds. The molecule has 6 nitrogen and oxygen atoms in total. The minimum absolute atomic E-state index is 0.0688. The number of carbonyl (C=O) groups excluding carboxylic acids is 1. The van der Waals surface area contributed by atoms with Crippen LogP contribution >= 0.6 is 0 Å². The van der Waals surface area contributed by atoms with Crippen molar-refractivity contribution in [3.63, 3.8) is 0 Å².